The molecule has 0 amide bonds. The first kappa shape index (κ1) is 23.1. The number of carboxylic acid groups (broad SMARTS) is 1. The maximum Gasteiger partial charge on any atom is 0.416 e. The van der Waals surface area contributed by atoms with E-state index in [9.17, 15) is 28.2 Å². The average Bonchev–Trinajstić information content (AvgIpc) is 2.78. The van der Waals surface area contributed by atoms with Gasteiger partial charge in [-0.05, 0) is 54.4 Å². The monoisotopic (exact) mass is 446 g/mol. The van der Waals surface area contributed by atoms with E-state index in [1.165, 1.54) is 12.1 Å². The van der Waals surface area contributed by atoms with E-state index in [1.807, 2.05) is 30.3 Å². The van der Waals surface area contributed by atoms with Gasteiger partial charge in [-0.2, -0.15) is 13.2 Å². The van der Waals surface area contributed by atoms with Crippen LogP contribution in [0, 0.1) is 0 Å². The van der Waals surface area contributed by atoms with Crippen molar-refractivity contribution in [1.82, 2.24) is 0 Å². The van der Waals surface area contributed by atoms with E-state index in [0.29, 0.717) is 12.4 Å². The Hall–Kier alpha value is -3.52. The van der Waals surface area contributed by atoms with Gasteiger partial charge in [0.25, 0.3) is 0 Å². The summed E-state index contributed by atoms with van der Waals surface area (Å²) in [6.45, 7) is 1.49. The molecule has 5 nitrogen and oxygen atoms in total. The quantitative estimate of drug-likeness (QED) is 0.495. The molecule has 0 bridgehead atoms. The number of hydrogen-bond donors (Lipinski definition) is 2. The van der Waals surface area contributed by atoms with Crippen molar-refractivity contribution >= 4 is 5.97 Å². The van der Waals surface area contributed by atoms with Crippen molar-refractivity contribution in [3.63, 3.8) is 0 Å². The fraction of sp³-hybridized carbons (Fsp3) is 0.208. The lowest BCUT2D eigenvalue weighted by Gasteiger charge is -2.31. The molecule has 2 atom stereocenters. The summed E-state index contributed by atoms with van der Waals surface area (Å²) < 4.78 is 49.3. The number of benzene rings is 3. The summed E-state index contributed by atoms with van der Waals surface area (Å²) in [7, 11) is 0. The molecule has 3 aromatic carbocycles. The van der Waals surface area contributed by atoms with Gasteiger partial charge in [0.2, 0.25) is 5.60 Å². The Kier molecular flexibility index (Phi) is 6.74. The van der Waals surface area contributed by atoms with E-state index in [0.717, 1.165) is 36.8 Å². The van der Waals surface area contributed by atoms with Crippen LogP contribution in [-0.2, 0) is 17.6 Å². The molecule has 2 unspecified atom stereocenters. The molecule has 0 spiro atoms. The third kappa shape index (κ3) is 5.39. The van der Waals surface area contributed by atoms with Crippen LogP contribution in [0.15, 0.2) is 78.9 Å². The Morgan fingerprint density at radius 1 is 0.906 bits per heavy atom. The summed E-state index contributed by atoms with van der Waals surface area (Å²) >= 11 is 0. The SMILES string of the molecule is CC(Oc1ccc(C(F)(F)F)cc1)(C(=O)O)C(O)c1ccc(OCc2ccccc2)cc1. The van der Waals surface area contributed by atoms with Crippen LogP contribution in [0.4, 0.5) is 13.2 Å². The number of rotatable bonds is 8. The van der Waals surface area contributed by atoms with Crippen LogP contribution in [-0.4, -0.2) is 21.8 Å². The molecule has 0 saturated carbocycles. The van der Waals surface area contributed by atoms with Gasteiger partial charge in [-0.1, -0.05) is 42.5 Å². The van der Waals surface area contributed by atoms with Gasteiger partial charge in [-0.15, -0.1) is 0 Å². The average molecular weight is 446 g/mol. The minimum atomic E-state index is -4.53. The molecule has 3 rings (SSSR count). The number of aliphatic carboxylic acids is 1. The second-order valence-corrected chi connectivity index (χ2v) is 7.28. The van der Waals surface area contributed by atoms with Crippen molar-refractivity contribution in [3.8, 4) is 11.5 Å². The van der Waals surface area contributed by atoms with E-state index in [2.05, 4.69) is 0 Å². The highest BCUT2D eigenvalue weighted by Crippen LogP contribution is 2.34. The zero-order valence-corrected chi connectivity index (χ0v) is 17.0. The van der Waals surface area contributed by atoms with Gasteiger partial charge in [0.15, 0.2) is 0 Å². The number of ether oxygens (including phenoxy) is 2. The van der Waals surface area contributed by atoms with Crippen LogP contribution in [0.2, 0.25) is 0 Å². The first-order chi connectivity index (χ1) is 15.1. The highest BCUT2D eigenvalue weighted by molar-refractivity contribution is 5.78. The van der Waals surface area contributed by atoms with E-state index in [-0.39, 0.29) is 11.3 Å². The molecule has 0 saturated heterocycles. The van der Waals surface area contributed by atoms with Gasteiger partial charge in [0.1, 0.15) is 24.2 Å². The van der Waals surface area contributed by atoms with E-state index >= 15 is 0 Å². The summed E-state index contributed by atoms with van der Waals surface area (Å²) in [6.07, 6.45) is -6.14. The number of hydrogen-bond acceptors (Lipinski definition) is 4. The number of halogens is 3. The van der Waals surface area contributed by atoms with E-state index < -0.39 is 29.4 Å². The lowest BCUT2D eigenvalue weighted by molar-refractivity contribution is -0.164. The largest absolute Gasteiger partial charge is 0.489 e. The van der Waals surface area contributed by atoms with Crippen LogP contribution in [0.25, 0.3) is 0 Å². The molecular weight excluding hydrogens is 425 g/mol. The summed E-state index contributed by atoms with van der Waals surface area (Å²) in [6, 6.07) is 19.3. The summed E-state index contributed by atoms with van der Waals surface area (Å²) in [5.41, 5.74) is -1.83. The third-order valence-electron chi connectivity index (χ3n) is 4.90. The minimum absolute atomic E-state index is 0.121. The molecule has 2 N–H and O–H groups in total. The normalized spacial score (nSPS) is 14.3. The molecule has 32 heavy (non-hydrogen) atoms. The molecular formula is C24H21F3O5. The molecule has 0 fully saturated rings. The van der Waals surface area contributed by atoms with Crippen LogP contribution in [0.1, 0.15) is 29.7 Å². The Bertz CT molecular complexity index is 1030. The lowest BCUT2D eigenvalue weighted by Crippen LogP contribution is -2.47. The standard InChI is InChI=1S/C24H21F3O5/c1-23(22(29)30,32-20-13-9-18(10-14-20)24(25,26)27)21(28)17-7-11-19(12-8-17)31-15-16-5-3-2-4-6-16/h2-14,21,28H,15H2,1H3,(H,29,30). The molecule has 0 aliphatic heterocycles. The van der Waals surface area contributed by atoms with Crippen molar-refractivity contribution in [2.24, 2.45) is 0 Å². The fourth-order valence-corrected chi connectivity index (χ4v) is 2.98. The van der Waals surface area contributed by atoms with Crippen LogP contribution in [0.5, 0.6) is 11.5 Å². The fourth-order valence-electron chi connectivity index (χ4n) is 2.98. The molecule has 0 radical (unpaired) electrons. The van der Waals surface area contributed by atoms with Crippen molar-refractivity contribution in [1.29, 1.82) is 0 Å². The Morgan fingerprint density at radius 2 is 1.47 bits per heavy atom. The highest BCUT2D eigenvalue weighted by Gasteiger charge is 2.44. The maximum absolute atomic E-state index is 12.7. The highest BCUT2D eigenvalue weighted by atomic mass is 19.4. The Labute approximate surface area is 182 Å². The minimum Gasteiger partial charge on any atom is -0.489 e. The Balaban J connectivity index is 1.73. The van der Waals surface area contributed by atoms with Gasteiger partial charge < -0.3 is 19.7 Å². The molecule has 8 heteroatoms. The molecule has 0 aliphatic rings. The molecule has 0 aliphatic carbocycles. The van der Waals surface area contributed by atoms with Gasteiger partial charge in [-0.25, -0.2) is 4.79 Å². The predicted molar refractivity (Wildman–Crippen MR) is 110 cm³/mol. The van der Waals surface area contributed by atoms with E-state index in [4.69, 9.17) is 9.47 Å². The molecule has 168 valence electrons. The summed E-state index contributed by atoms with van der Waals surface area (Å²) in [5, 5.41) is 20.4. The first-order valence-electron chi connectivity index (χ1n) is 9.64. The van der Waals surface area contributed by atoms with Gasteiger partial charge >= 0.3 is 12.1 Å². The van der Waals surface area contributed by atoms with Crippen LogP contribution < -0.4 is 9.47 Å². The number of carbonyl (C=O) groups is 1. The van der Waals surface area contributed by atoms with Crippen molar-refractivity contribution in [2.75, 3.05) is 0 Å². The molecule has 0 aromatic heterocycles. The van der Waals surface area contributed by atoms with E-state index in [1.54, 1.807) is 12.1 Å². The lowest BCUT2D eigenvalue weighted by atomic mass is 9.92. The number of aliphatic hydroxyl groups excluding tert-OH is 1. The van der Waals surface area contributed by atoms with Crippen molar-refractivity contribution in [3.05, 3.63) is 95.6 Å². The second kappa shape index (κ2) is 9.32. The van der Waals surface area contributed by atoms with Gasteiger partial charge in [0, 0.05) is 0 Å². The maximum atomic E-state index is 12.7. The predicted octanol–water partition coefficient (Wildman–Crippen LogP) is 5.24. The number of carboxylic acids is 1. The van der Waals surface area contributed by atoms with Gasteiger partial charge in [-0.3, -0.25) is 0 Å². The van der Waals surface area contributed by atoms with Crippen molar-refractivity contribution < 1.29 is 37.7 Å². The zero-order chi connectivity index (χ0) is 23.4. The number of alkyl halides is 3. The molecule has 3 aromatic rings. The van der Waals surface area contributed by atoms with Crippen LogP contribution >= 0.6 is 0 Å². The Morgan fingerprint density at radius 3 is 2.00 bits per heavy atom. The zero-order valence-electron chi connectivity index (χ0n) is 17.0. The van der Waals surface area contributed by atoms with Crippen LogP contribution in [0.3, 0.4) is 0 Å². The topological polar surface area (TPSA) is 76.0 Å². The van der Waals surface area contributed by atoms with Crippen molar-refractivity contribution in [2.45, 2.75) is 31.4 Å². The second-order valence-electron chi connectivity index (χ2n) is 7.28. The molecule has 0 heterocycles. The summed E-state index contributed by atoms with van der Waals surface area (Å²) in [5.74, 6) is -1.08. The smallest absolute Gasteiger partial charge is 0.416 e. The third-order valence-corrected chi connectivity index (χ3v) is 4.90. The summed E-state index contributed by atoms with van der Waals surface area (Å²) in [4.78, 5) is 11.9. The number of aliphatic hydroxyl groups is 1. The van der Waals surface area contributed by atoms with Gasteiger partial charge in [0.05, 0.1) is 5.56 Å². The first-order valence-corrected chi connectivity index (χ1v) is 9.64.